The van der Waals surface area contributed by atoms with Crippen molar-refractivity contribution in [1.82, 2.24) is 0 Å². The van der Waals surface area contributed by atoms with Crippen molar-refractivity contribution in [2.75, 3.05) is 23.1 Å². The van der Waals surface area contributed by atoms with Gasteiger partial charge in [-0.25, -0.2) is 4.79 Å². The molecule has 0 radical (unpaired) electrons. The molecule has 1 aliphatic carbocycles. The smallest absolute Gasteiger partial charge is 0.412 e. The summed E-state index contributed by atoms with van der Waals surface area (Å²) in [6.45, 7) is 1.91. The van der Waals surface area contributed by atoms with Gasteiger partial charge in [0.2, 0.25) is 0 Å². The molecule has 1 heterocycles. The molecule has 0 spiro atoms. The Hall–Kier alpha value is -2.44. The van der Waals surface area contributed by atoms with Crippen molar-refractivity contribution in [1.29, 1.82) is 0 Å². The number of methoxy groups -OCH3 is 1. The molecule has 0 unspecified atom stereocenters. The first-order valence-corrected chi connectivity index (χ1v) is 9.20. The number of ether oxygens (including phenoxy) is 1. The number of nitrogens with two attached hydrogens (primary N) is 1. The lowest BCUT2D eigenvalue weighted by Gasteiger charge is -2.35. The number of nitrogens with one attached hydrogen (secondary N) is 1. The number of carbonyl (C=O) groups excluding carboxylic acids is 1. The third-order valence-electron chi connectivity index (χ3n) is 5.62. The predicted octanol–water partition coefficient (Wildman–Crippen LogP) is 3.23. The third-order valence-corrected chi connectivity index (χ3v) is 5.62. The third kappa shape index (κ3) is 3.43. The van der Waals surface area contributed by atoms with Crippen LogP contribution in [0.25, 0.3) is 0 Å². The number of rotatable bonds is 3. The van der Waals surface area contributed by atoms with Gasteiger partial charge in [-0.15, -0.1) is 0 Å². The van der Waals surface area contributed by atoms with Crippen LogP contribution in [0.2, 0.25) is 0 Å². The van der Waals surface area contributed by atoms with Crippen LogP contribution in [-0.4, -0.2) is 36.4 Å². The minimum absolute atomic E-state index is 0.0580. The molecule has 26 heavy (non-hydrogen) atoms. The molecule has 1 amide bonds. The summed E-state index contributed by atoms with van der Waals surface area (Å²) in [7, 11) is 1.43. The molecular formula is C19H27N3O4. The molecule has 3 atom stereocenters. The molecule has 4 N–H and O–H groups in total. The van der Waals surface area contributed by atoms with Gasteiger partial charge in [0.1, 0.15) is 0 Å². The molecular weight excluding hydrogens is 334 g/mol. The van der Waals surface area contributed by atoms with Crippen LogP contribution >= 0.6 is 0 Å². The van der Waals surface area contributed by atoms with Gasteiger partial charge in [-0.3, -0.25) is 9.69 Å². The Morgan fingerprint density at radius 1 is 1.31 bits per heavy atom. The predicted molar refractivity (Wildman–Crippen MR) is 101 cm³/mol. The van der Waals surface area contributed by atoms with E-state index in [9.17, 15) is 14.7 Å². The van der Waals surface area contributed by atoms with E-state index in [-0.39, 0.29) is 24.0 Å². The lowest BCUT2D eigenvalue weighted by atomic mass is 9.85. The lowest BCUT2D eigenvalue weighted by Crippen LogP contribution is -2.41. The summed E-state index contributed by atoms with van der Waals surface area (Å²) in [5.41, 5.74) is 9.37. The highest BCUT2D eigenvalue weighted by molar-refractivity contribution is 5.92. The SMILES string of the molecule is COC(=O)[C@H]1CCC[C@H](Nc2ccc3c(c2N)CC[C@H](C)N3C(=O)O)C1. The first-order valence-electron chi connectivity index (χ1n) is 9.20. The standard InChI is InChI=1S/C19H27N3O4/c1-11-6-7-14-16(22(11)19(24)25)9-8-15(17(14)20)21-13-5-3-4-12(10-13)18(23)26-2/h8-9,11-13,21H,3-7,10,20H2,1-2H3,(H,24,25)/t11-,12-,13-/m0/s1. The van der Waals surface area contributed by atoms with E-state index in [1.807, 2.05) is 19.1 Å². The fourth-order valence-corrected chi connectivity index (χ4v) is 4.20. The molecule has 1 aliphatic heterocycles. The number of carbonyl (C=O) groups is 2. The number of esters is 1. The molecule has 1 aromatic carbocycles. The van der Waals surface area contributed by atoms with Crippen LogP contribution < -0.4 is 16.0 Å². The van der Waals surface area contributed by atoms with Crippen molar-refractivity contribution in [2.45, 2.75) is 57.5 Å². The first-order chi connectivity index (χ1) is 12.4. The summed E-state index contributed by atoms with van der Waals surface area (Å²) in [5.74, 6) is -0.227. The summed E-state index contributed by atoms with van der Waals surface area (Å²) >= 11 is 0. The molecule has 1 fully saturated rings. The number of fused-ring (bicyclic) bond motifs is 1. The maximum absolute atomic E-state index is 11.8. The van der Waals surface area contributed by atoms with Gasteiger partial charge in [-0.2, -0.15) is 0 Å². The Morgan fingerprint density at radius 3 is 2.77 bits per heavy atom. The summed E-state index contributed by atoms with van der Waals surface area (Å²) in [4.78, 5) is 24.8. The van der Waals surface area contributed by atoms with Crippen LogP contribution in [0.5, 0.6) is 0 Å². The number of nitrogen functional groups attached to an aromatic ring is 1. The fourth-order valence-electron chi connectivity index (χ4n) is 4.20. The Bertz CT molecular complexity index is 706. The van der Waals surface area contributed by atoms with Crippen molar-refractivity contribution in [3.63, 3.8) is 0 Å². The van der Waals surface area contributed by atoms with Crippen LogP contribution in [0.15, 0.2) is 12.1 Å². The van der Waals surface area contributed by atoms with Gasteiger partial charge in [0.05, 0.1) is 30.1 Å². The number of hydrogen-bond acceptors (Lipinski definition) is 5. The lowest BCUT2D eigenvalue weighted by molar-refractivity contribution is -0.146. The summed E-state index contributed by atoms with van der Waals surface area (Å²) in [6.07, 6.45) is 4.08. The maximum Gasteiger partial charge on any atom is 0.412 e. The Kier molecular flexibility index (Phi) is 5.25. The van der Waals surface area contributed by atoms with E-state index in [1.165, 1.54) is 12.0 Å². The Balaban J connectivity index is 1.80. The highest BCUT2D eigenvalue weighted by atomic mass is 16.5. The molecule has 1 saturated carbocycles. The van der Waals surface area contributed by atoms with Crippen LogP contribution in [0.3, 0.4) is 0 Å². The minimum atomic E-state index is -0.952. The molecule has 0 aromatic heterocycles. The van der Waals surface area contributed by atoms with Gasteiger partial charge in [-0.05, 0) is 51.2 Å². The van der Waals surface area contributed by atoms with E-state index >= 15 is 0 Å². The van der Waals surface area contributed by atoms with Gasteiger partial charge in [0.15, 0.2) is 0 Å². The average molecular weight is 361 g/mol. The number of anilines is 3. The van der Waals surface area contributed by atoms with Crippen molar-refractivity contribution in [3.05, 3.63) is 17.7 Å². The summed E-state index contributed by atoms with van der Waals surface area (Å²) in [6, 6.07) is 3.78. The Labute approximate surface area is 153 Å². The van der Waals surface area contributed by atoms with Crippen LogP contribution in [0.1, 0.15) is 44.6 Å². The second-order valence-corrected chi connectivity index (χ2v) is 7.29. The highest BCUT2D eigenvalue weighted by Gasteiger charge is 2.31. The van der Waals surface area contributed by atoms with Gasteiger partial charge in [-0.1, -0.05) is 6.42 Å². The van der Waals surface area contributed by atoms with E-state index in [0.29, 0.717) is 11.4 Å². The summed E-state index contributed by atoms with van der Waals surface area (Å²) < 4.78 is 4.88. The zero-order valence-electron chi connectivity index (χ0n) is 15.3. The number of carboxylic acid groups (broad SMARTS) is 1. The van der Waals surface area contributed by atoms with Gasteiger partial charge < -0.3 is 20.9 Å². The minimum Gasteiger partial charge on any atom is -0.469 e. The van der Waals surface area contributed by atoms with Crippen LogP contribution in [0.4, 0.5) is 21.9 Å². The number of benzene rings is 1. The Morgan fingerprint density at radius 2 is 2.08 bits per heavy atom. The van der Waals surface area contributed by atoms with Crippen molar-refractivity contribution in [3.8, 4) is 0 Å². The van der Waals surface area contributed by atoms with Crippen LogP contribution in [0, 0.1) is 5.92 Å². The van der Waals surface area contributed by atoms with Crippen LogP contribution in [-0.2, 0) is 16.0 Å². The van der Waals surface area contributed by atoms with E-state index in [4.69, 9.17) is 10.5 Å². The fraction of sp³-hybridized carbons (Fsp3) is 0.579. The largest absolute Gasteiger partial charge is 0.469 e. The maximum atomic E-state index is 11.8. The second kappa shape index (κ2) is 7.43. The molecule has 1 aromatic rings. The van der Waals surface area contributed by atoms with Gasteiger partial charge in [0, 0.05) is 17.6 Å². The van der Waals surface area contributed by atoms with Crippen molar-refractivity contribution in [2.24, 2.45) is 5.92 Å². The second-order valence-electron chi connectivity index (χ2n) is 7.29. The summed E-state index contributed by atoms with van der Waals surface area (Å²) in [5, 5.41) is 13.0. The molecule has 2 aliphatic rings. The highest BCUT2D eigenvalue weighted by Crippen LogP contribution is 2.39. The molecule has 7 nitrogen and oxygen atoms in total. The zero-order chi connectivity index (χ0) is 18.8. The van der Waals surface area contributed by atoms with E-state index < -0.39 is 6.09 Å². The molecule has 142 valence electrons. The molecule has 3 rings (SSSR count). The van der Waals surface area contributed by atoms with E-state index in [1.54, 1.807) is 0 Å². The number of amides is 1. The normalized spacial score (nSPS) is 25.3. The number of nitrogens with zero attached hydrogens (tertiary/aromatic N) is 1. The number of hydrogen-bond donors (Lipinski definition) is 3. The van der Waals surface area contributed by atoms with E-state index in [2.05, 4.69) is 5.32 Å². The molecule has 0 saturated heterocycles. The average Bonchev–Trinajstić information content (AvgIpc) is 2.63. The monoisotopic (exact) mass is 361 g/mol. The van der Waals surface area contributed by atoms with E-state index in [0.717, 1.165) is 49.8 Å². The topological polar surface area (TPSA) is 105 Å². The van der Waals surface area contributed by atoms with Gasteiger partial charge >= 0.3 is 12.1 Å². The van der Waals surface area contributed by atoms with Crippen molar-refractivity contribution >= 4 is 29.1 Å². The molecule has 7 heteroatoms. The first kappa shape index (κ1) is 18.4. The quantitative estimate of drug-likeness (QED) is 0.564. The van der Waals surface area contributed by atoms with Crippen molar-refractivity contribution < 1.29 is 19.4 Å². The van der Waals surface area contributed by atoms with Gasteiger partial charge in [0.25, 0.3) is 0 Å². The zero-order valence-corrected chi connectivity index (χ0v) is 15.3. The molecule has 0 bridgehead atoms.